The summed E-state index contributed by atoms with van der Waals surface area (Å²) in [7, 11) is 0. The standard InChI is InChI=1S/C16H11N3O2S2/c20-16(10-3-5-12-13(8-10)19-23-18-12)17-9-11-4-6-14(21-11)15-2-1-7-22-15/h1-8H,9H2,(H,17,20). The van der Waals surface area contributed by atoms with Gasteiger partial charge in [-0.2, -0.15) is 8.75 Å². The predicted molar refractivity (Wildman–Crippen MR) is 90.6 cm³/mol. The summed E-state index contributed by atoms with van der Waals surface area (Å²) >= 11 is 2.76. The van der Waals surface area contributed by atoms with Gasteiger partial charge in [-0.1, -0.05) is 6.07 Å². The van der Waals surface area contributed by atoms with Crippen LogP contribution in [0.5, 0.6) is 0 Å². The molecule has 0 unspecified atom stereocenters. The van der Waals surface area contributed by atoms with E-state index in [4.69, 9.17) is 4.42 Å². The fourth-order valence-corrected chi connectivity index (χ4v) is 3.42. The van der Waals surface area contributed by atoms with Crippen molar-refractivity contribution >= 4 is 40.0 Å². The van der Waals surface area contributed by atoms with E-state index in [1.54, 1.807) is 29.5 Å². The van der Waals surface area contributed by atoms with Crippen LogP contribution in [0, 0.1) is 0 Å². The molecule has 0 aliphatic carbocycles. The van der Waals surface area contributed by atoms with Crippen molar-refractivity contribution in [1.82, 2.24) is 14.1 Å². The molecule has 0 aliphatic heterocycles. The van der Waals surface area contributed by atoms with Gasteiger partial charge in [-0.05, 0) is 41.8 Å². The maximum absolute atomic E-state index is 12.2. The van der Waals surface area contributed by atoms with Crippen LogP contribution in [0.3, 0.4) is 0 Å². The number of furan rings is 1. The summed E-state index contributed by atoms with van der Waals surface area (Å²) in [5, 5.41) is 4.86. The van der Waals surface area contributed by atoms with Gasteiger partial charge in [0.2, 0.25) is 0 Å². The number of aromatic nitrogens is 2. The maximum atomic E-state index is 12.2. The second-order valence-corrected chi connectivity index (χ2v) is 6.37. The van der Waals surface area contributed by atoms with Crippen LogP contribution in [0.4, 0.5) is 0 Å². The summed E-state index contributed by atoms with van der Waals surface area (Å²) in [6.07, 6.45) is 0. The van der Waals surface area contributed by atoms with Gasteiger partial charge in [-0.3, -0.25) is 4.79 Å². The molecule has 4 aromatic rings. The number of thiophene rings is 1. The molecule has 0 aliphatic rings. The third-order valence-corrected chi connectivity index (χ3v) is 4.81. The van der Waals surface area contributed by atoms with Crippen LogP contribution >= 0.6 is 23.1 Å². The lowest BCUT2D eigenvalue weighted by molar-refractivity contribution is 0.0948. The lowest BCUT2D eigenvalue weighted by Crippen LogP contribution is -2.22. The minimum absolute atomic E-state index is 0.158. The van der Waals surface area contributed by atoms with Crippen LogP contribution < -0.4 is 5.32 Å². The lowest BCUT2D eigenvalue weighted by atomic mass is 10.2. The summed E-state index contributed by atoms with van der Waals surface area (Å²) in [5.41, 5.74) is 2.11. The molecule has 4 rings (SSSR count). The van der Waals surface area contributed by atoms with E-state index >= 15 is 0 Å². The second kappa shape index (κ2) is 5.94. The lowest BCUT2D eigenvalue weighted by Gasteiger charge is -2.03. The number of carbonyl (C=O) groups excluding carboxylic acids is 1. The van der Waals surface area contributed by atoms with Gasteiger partial charge in [0.05, 0.1) is 23.2 Å². The number of rotatable bonds is 4. The number of hydrogen-bond acceptors (Lipinski definition) is 6. The molecule has 23 heavy (non-hydrogen) atoms. The Morgan fingerprint density at radius 2 is 2.04 bits per heavy atom. The van der Waals surface area contributed by atoms with Crippen LogP contribution in [0.25, 0.3) is 21.7 Å². The zero-order valence-electron chi connectivity index (χ0n) is 11.9. The highest BCUT2D eigenvalue weighted by molar-refractivity contribution is 7.13. The van der Waals surface area contributed by atoms with Gasteiger partial charge in [0, 0.05) is 5.56 Å². The summed E-state index contributed by atoms with van der Waals surface area (Å²) in [4.78, 5) is 13.3. The monoisotopic (exact) mass is 341 g/mol. The van der Waals surface area contributed by atoms with E-state index in [9.17, 15) is 4.79 Å². The number of hydrogen-bond donors (Lipinski definition) is 1. The van der Waals surface area contributed by atoms with E-state index in [1.807, 2.05) is 29.6 Å². The van der Waals surface area contributed by atoms with Gasteiger partial charge < -0.3 is 9.73 Å². The molecule has 5 nitrogen and oxygen atoms in total. The Morgan fingerprint density at radius 3 is 2.91 bits per heavy atom. The average molecular weight is 341 g/mol. The Bertz CT molecular complexity index is 957. The fourth-order valence-electron chi connectivity index (χ4n) is 2.22. The zero-order valence-corrected chi connectivity index (χ0v) is 13.5. The van der Waals surface area contributed by atoms with Crippen molar-refractivity contribution in [1.29, 1.82) is 0 Å². The third-order valence-electron chi connectivity index (χ3n) is 3.36. The molecule has 0 bridgehead atoms. The zero-order chi connectivity index (χ0) is 15.6. The maximum Gasteiger partial charge on any atom is 0.251 e. The Balaban J connectivity index is 1.45. The summed E-state index contributed by atoms with van der Waals surface area (Å²) in [6.45, 7) is 0.345. The molecule has 0 fully saturated rings. The molecule has 114 valence electrons. The first-order valence-corrected chi connectivity index (χ1v) is 8.54. The van der Waals surface area contributed by atoms with Gasteiger partial charge in [0.25, 0.3) is 5.91 Å². The number of benzene rings is 1. The molecular weight excluding hydrogens is 330 g/mol. The molecule has 0 atom stereocenters. The van der Waals surface area contributed by atoms with E-state index in [2.05, 4.69) is 14.1 Å². The largest absolute Gasteiger partial charge is 0.458 e. The average Bonchev–Trinajstić information content (AvgIpc) is 3.32. The first-order valence-electron chi connectivity index (χ1n) is 6.93. The smallest absolute Gasteiger partial charge is 0.251 e. The van der Waals surface area contributed by atoms with Crippen LogP contribution in [0.1, 0.15) is 16.1 Å². The summed E-state index contributed by atoms with van der Waals surface area (Å²) in [5.74, 6) is 1.38. The molecule has 1 aromatic carbocycles. The van der Waals surface area contributed by atoms with Crippen molar-refractivity contribution in [3.05, 3.63) is 59.2 Å². The van der Waals surface area contributed by atoms with E-state index in [0.29, 0.717) is 12.1 Å². The molecule has 3 aromatic heterocycles. The van der Waals surface area contributed by atoms with Crippen molar-refractivity contribution in [3.8, 4) is 10.6 Å². The number of nitrogens with one attached hydrogen (secondary N) is 1. The fraction of sp³-hybridized carbons (Fsp3) is 0.0625. The Labute approximate surface area is 139 Å². The van der Waals surface area contributed by atoms with Gasteiger partial charge >= 0.3 is 0 Å². The first kappa shape index (κ1) is 14.1. The predicted octanol–water partition coefficient (Wildman–Crippen LogP) is 3.94. The first-order chi connectivity index (χ1) is 11.3. The van der Waals surface area contributed by atoms with Crippen molar-refractivity contribution < 1.29 is 9.21 Å². The topological polar surface area (TPSA) is 68.0 Å². The molecule has 0 spiro atoms. The van der Waals surface area contributed by atoms with Gasteiger partial charge in [0.15, 0.2) is 0 Å². The summed E-state index contributed by atoms with van der Waals surface area (Å²) < 4.78 is 14.0. The van der Waals surface area contributed by atoms with Gasteiger partial charge in [-0.25, -0.2) is 0 Å². The van der Waals surface area contributed by atoms with Crippen LogP contribution in [0.2, 0.25) is 0 Å². The van der Waals surface area contributed by atoms with Crippen LogP contribution in [-0.2, 0) is 6.54 Å². The van der Waals surface area contributed by atoms with Crippen molar-refractivity contribution in [2.75, 3.05) is 0 Å². The SMILES string of the molecule is O=C(NCc1ccc(-c2cccs2)o1)c1ccc2nsnc2c1. The van der Waals surface area contributed by atoms with Gasteiger partial charge in [-0.15, -0.1) is 11.3 Å². The molecule has 1 amide bonds. The third kappa shape index (κ3) is 2.88. The highest BCUT2D eigenvalue weighted by Gasteiger charge is 2.10. The quantitative estimate of drug-likeness (QED) is 0.610. The van der Waals surface area contributed by atoms with E-state index < -0.39 is 0 Å². The summed E-state index contributed by atoms with van der Waals surface area (Å²) in [6, 6.07) is 13.1. The molecule has 7 heteroatoms. The molecule has 0 saturated heterocycles. The van der Waals surface area contributed by atoms with Crippen molar-refractivity contribution in [2.24, 2.45) is 0 Å². The van der Waals surface area contributed by atoms with Crippen LogP contribution in [-0.4, -0.2) is 14.7 Å². The molecule has 0 radical (unpaired) electrons. The normalized spacial score (nSPS) is 11.0. The van der Waals surface area contributed by atoms with E-state index in [0.717, 1.165) is 39.2 Å². The van der Waals surface area contributed by atoms with Crippen molar-refractivity contribution in [3.63, 3.8) is 0 Å². The van der Waals surface area contributed by atoms with Crippen LogP contribution in [0.15, 0.2) is 52.3 Å². The van der Waals surface area contributed by atoms with E-state index in [-0.39, 0.29) is 5.91 Å². The Morgan fingerprint density at radius 1 is 1.13 bits per heavy atom. The minimum Gasteiger partial charge on any atom is -0.458 e. The molecule has 1 N–H and O–H groups in total. The highest BCUT2D eigenvalue weighted by atomic mass is 32.1. The number of nitrogens with zero attached hydrogens (tertiary/aromatic N) is 2. The van der Waals surface area contributed by atoms with Crippen molar-refractivity contribution in [2.45, 2.75) is 6.54 Å². The number of amides is 1. The molecular formula is C16H11N3O2S2. The molecule has 3 heterocycles. The number of carbonyl (C=O) groups is 1. The molecule has 0 saturated carbocycles. The minimum atomic E-state index is -0.158. The van der Waals surface area contributed by atoms with E-state index in [1.165, 1.54) is 0 Å². The Hall–Kier alpha value is -2.51. The van der Waals surface area contributed by atoms with Gasteiger partial charge in [0.1, 0.15) is 22.6 Å². The highest BCUT2D eigenvalue weighted by Crippen LogP contribution is 2.26. The second-order valence-electron chi connectivity index (χ2n) is 4.89. The number of fused-ring (bicyclic) bond motifs is 1. The Kier molecular flexibility index (Phi) is 3.64.